The Morgan fingerprint density at radius 3 is 2.86 bits per heavy atom. The van der Waals surface area contributed by atoms with Gasteiger partial charge in [0.2, 0.25) is 0 Å². The standard InChI is InChI=1S/C15H12ClNO3S/c16-12-3-1-2-11(8-12)15(20)17-9-13-10(6-7-21-13)4-5-14(18)19/h1-8H,9H2,(H,17,20)(H,18,19)/b5-4+. The van der Waals surface area contributed by atoms with Crippen LogP contribution in [-0.2, 0) is 11.3 Å². The number of halogens is 1. The summed E-state index contributed by atoms with van der Waals surface area (Å²) in [6.45, 7) is 0.336. The van der Waals surface area contributed by atoms with Crippen molar-refractivity contribution in [1.29, 1.82) is 0 Å². The minimum atomic E-state index is -1.00. The summed E-state index contributed by atoms with van der Waals surface area (Å²) in [5, 5.41) is 13.8. The highest BCUT2D eigenvalue weighted by atomic mass is 35.5. The molecule has 1 heterocycles. The molecule has 108 valence electrons. The van der Waals surface area contributed by atoms with E-state index in [0.717, 1.165) is 16.5 Å². The van der Waals surface area contributed by atoms with E-state index in [1.54, 1.807) is 24.3 Å². The Morgan fingerprint density at radius 1 is 1.33 bits per heavy atom. The minimum absolute atomic E-state index is 0.223. The summed E-state index contributed by atoms with van der Waals surface area (Å²) in [7, 11) is 0. The third-order valence-corrected chi connectivity index (χ3v) is 3.85. The molecule has 2 aromatic rings. The van der Waals surface area contributed by atoms with Gasteiger partial charge in [0.05, 0.1) is 6.54 Å². The summed E-state index contributed by atoms with van der Waals surface area (Å²) in [6.07, 6.45) is 2.59. The van der Waals surface area contributed by atoms with E-state index < -0.39 is 5.97 Å². The van der Waals surface area contributed by atoms with Crippen molar-refractivity contribution in [2.45, 2.75) is 6.54 Å². The Bertz CT molecular complexity index is 694. The van der Waals surface area contributed by atoms with Crippen LogP contribution in [0.3, 0.4) is 0 Å². The Balaban J connectivity index is 2.02. The first-order chi connectivity index (χ1) is 10.1. The smallest absolute Gasteiger partial charge is 0.328 e. The fourth-order valence-electron chi connectivity index (χ4n) is 1.70. The van der Waals surface area contributed by atoms with Gasteiger partial charge >= 0.3 is 5.97 Å². The molecular weight excluding hydrogens is 310 g/mol. The molecule has 0 radical (unpaired) electrons. The van der Waals surface area contributed by atoms with E-state index in [0.29, 0.717) is 17.1 Å². The average Bonchev–Trinajstić information content (AvgIpc) is 2.90. The summed E-state index contributed by atoms with van der Waals surface area (Å²) in [6, 6.07) is 8.50. The fraction of sp³-hybridized carbons (Fsp3) is 0.0667. The quantitative estimate of drug-likeness (QED) is 0.829. The SMILES string of the molecule is O=C(O)/C=C/c1ccsc1CNC(=O)c1cccc(Cl)c1. The van der Waals surface area contributed by atoms with E-state index in [1.807, 2.05) is 11.4 Å². The van der Waals surface area contributed by atoms with Gasteiger partial charge in [-0.05, 0) is 41.3 Å². The van der Waals surface area contributed by atoms with Gasteiger partial charge in [0.1, 0.15) is 0 Å². The van der Waals surface area contributed by atoms with E-state index >= 15 is 0 Å². The van der Waals surface area contributed by atoms with E-state index in [2.05, 4.69) is 5.32 Å². The number of rotatable bonds is 5. The van der Waals surface area contributed by atoms with Crippen LogP contribution in [-0.4, -0.2) is 17.0 Å². The number of benzene rings is 1. The second-order valence-corrected chi connectivity index (χ2v) is 5.60. The maximum atomic E-state index is 12.0. The lowest BCUT2D eigenvalue weighted by molar-refractivity contribution is -0.131. The highest BCUT2D eigenvalue weighted by Gasteiger charge is 2.08. The van der Waals surface area contributed by atoms with Crippen molar-refractivity contribution in [1.82, 2.24) is 5.32 Å². The number of thiophene rings is 1. The summed E-state index contributed by atoms with van der Waals surface area (Å²) < 4.78 is 0. The predicted molar refractivity (Wildman–Crippen MR) is 83.6 cm³/mol. The molecule has 0 atom stereocenters. The van der Waals surface area contributed by atoms with E-state index in [-0.39, 0.29) is 5.91 Å². The van der Waals surface area contributed by atoms with Gasteiger partial charge in [-0.15, -0.1) is 11.3 Å². The van der Waals surface area contributed by atoms with Crippen molar-refractivity contribution in [2.75, 3.05) is 0 Å². The van der Waals surface area contributed by atoms with Crippen LogP contribution >= 0.6 is 22.9 Å². The molecule has 0 aliphatic heterocycles. The van der Waals surface area contributed by atoms with Gasteiger partial charge in [0.25, 0.3) is 5.91 Å². The van der Waals surface area contributed by atoms with Crippen molar-refractivity contribution >= 4 is 40.9 Å². The van der Waals surface area contributed by atoms with E-state index in [9.17, 15) is 9.59 Å². The van der Waals surface area contributed by atoms with Gasteiger partial charge in [0.15, 0.2) is 0 Å². The number of carboxylic acids is 1. The third-order valence-electron chi connectivity index (χ3n) is 2.68. The van der Waals surface area contributed by atoms with E-state index in [1.165, 1.54) is 17.4 Å². The topological polar surface area (TPSA) is 66.4 Å². The summed E-state index contributed by atoms with van der Waals surface area (Å²) in [4.78, 5) is 23.4. The molecule has 21 heavy (non-hydrogen) atoms. The third kappa shape index (κ3) is 4.44. The van der Waals surface area contributed by atoms with Gasteiger partial charge in [-0.25, -0.2) is 4.79 Å². The second kappa shape index (κ2) is 7.06. The number of nitrogens with one attached hydrogen (secondary N) is 1. The molecule has 0 aliphatic carbocycles. The number of carbonyl (C=O) groups is 2. The predicted octanol–water partition coefficient (Wildman–Crippen LogP) is 3.43. The maximum absolute atomic E-state index is 12.0. The Kier molecular flexibility index (Phi) is 5.14. The molecule has 0 spiro atoms. The molecule has 0 unspecified atom stereocenters. The van der Waals surface area contributed by atoms with Gasteiger partial charge < -0.3 is 10.4 Å². The number of amides is 1. The van der Waals surface area contributed by atoms with Crippen LogP contribution in [0.2, 0.25) is 5.02 Å². The molecule has 2 N–H and O–H groups in total. The molecule has 1 aromatic carbocycles. The number of carboxylic acid groups (broad SMARTS) is 1. The van der Waals surface area contributed by atoms with Crippen LogP contribution in [0.4, 0.5) is 0 Å². The Labute approximate surface area is 130 Å². The molecule has 6 heteroatoms. The lowest BCUT2D eigenvalue weighted by Crippen LogP contribution is -2.22. The zero-order valence-corrected chi connectivity index (χ0v) is 12.4. The molecule has 0 bridgehead atoms. The van der Waals surface area contributed by atoms with Crippen molar-refractivity contribution in [3.8, 4) is 0 Å². The van der Waals surface area contributed by atoms with E-state index in [4.69, 9.17) is 16.7 Å². The lowest BCUT2D eigenvalue weighted by Gasteiger charge is -2.05. The Hall–Kier alpha value is -2.11. The summed E-state index contributed by atoms with van der Waals surface area (Å²) >= 11 is 7.30. The number of hydrogen-bond acceptors (Lipinski definition) is 3. The second-order valence-electron chi connectivity index (χ2n) is 4.16. The van der Waals surface area contributed by atoms with Crippen LogP contribution < -0.4 is 5.32 Å². The lowest BCUT2D eigenvalue weighted by atomic mass is 10.2. The van der Waals surface area contributed by atoms with Crippen molar-refractivity contribution in [3.63, 3.8) is 0 Å². The van der Waals surface area contributed by atoms with Crippen LogP contribution in [0.5, 0.6) is 0 Å². The first-order valence-corrected chi connectivity index (χ1v) is 7.33. The molecule has 0 saturated heterocycles. The van der Waals surface area contributed by atoms with Crippen LogP contribution in [0, 0.1) is 0 Å². The van der Waals surface area contributed by atoms with Gasteiger partial charge in [-0.1, -0.05) is 17.7 Å². The molecule has 4 nitrogen and oxygen atoms in total. The van der Waals surface area contributed by atoms with Gasteiger partial charge in [0, 0.05) is 21.5 Å². The van der Waals surface area contributed by atoms with Crippen molar-refractivity contribution < 1.29 is 14.7 Å². The summed E-state index contributed by atoms with van der Waals surface area (Å²) in [5.41, 5.74) is 1.27. The van der Waals surface area contributed by atoms with Crippen LogP contribution in [0.25, 0.3) is 6.08 Å². The van der Waals surface area contributed by atoms with Crippen LogP contribution in [0.15, 0.2) is 41.8 Å². The molecule has 2 rings (SSSR count). The molecule has 1 aromatic heterocycles. The Morgan fingerprint density at radius 2 is 2.14 bits per heavy atom. The number of aliphatic carboxylic acids is 1. The largest absolute Gasteiger partial charge is 0.478 e. The number of hydrogen-bond donors (Lipinski definition) is 2. The molecule has 1 amide bonds. The zero-order chi connectivity index (χ0) is 15.2. The van der Waals surface area contributed by atoms with Gasteiger partial charge in [-0.2, -0.15) is 0 Å². The van der Waals surface area contributed by atoms with Crippen molar-refractivity contribution in [2.24, 2.45) is 0 Å². The highest BCUT2D eigenvalue weighted by Crippen LogP contribution is 2.18. The monoisotopic (exact) mass is 321 g/mol. The first kappa shape index (κ1) is 15.3. The maximum Gasteiger partial charge on any atom is 0.328 e. The first-order valence-electron chi connectivity index (χ1n) is 6.07. The highest BCUT2D eigenvalue weighted by molar-refractivity contribution is 7.10. The zero-order valence-electron chi connectivity index (χ0n) is 10.9. The molecular formula is C15H12ClNO3S. The average molecular weight is 322 g/mol. The fourth-order valence-corrected chi connectivity index (χ4v) is 2.69. The molecule has 0 saturated carbocycles. The summed E-state index contributed by atoms with van der Waals surface area (Å²) in [5.74, 6) is -1.23. The molecule has 0 aliphatic rings. The minimum Gasteiger partial charge on any atom is -0.478 e. The van der Waals surface area contributed by atoms with Crippen LogP contribution in [0.1, 0.15) is 20.8 Å². The van der Waals surface area contributed by atoms with Gasteiger partial charge in [-0.3, -0.25) is 4.79 Å². The molecule has 0 fully saturated rings. The number of carbonyl (C=O) groups excluding carboxylic acids is 1. The normalized spacial score (nSPS) is 10.7. The van der Waals surface area contributed by atoms with Crippen molar-refractivity contribution in [3.05, 3.63) is 62.8 Å².